The first-order valence-electron chi connectivity index (χ1n) is 4.32. The van der Waals surface area contributed by atoms with E-state index in [2.05, 4.69) is 18.1 Å². The van der Waals surface area contributed by atoms with Crippen LogP contribution in [0.2, 0.25) is 0 Å². The van der Waals surface area contributed by atoms with Crippen LogP contribution in [0.5, 0.6) is 0 Å². The highest BCUT2D eigenvalue weighted by atomic mass is 16.3. The van der Waals surface area contributed by atoms with Crippen LogP contribution in [0.25, 0.3) is 5.57 Å². The van der Waals surface area contributed by atoms with Crippen molar-refractivity contribution in [1.29, 1.82) is 0 Å². The summed E-state index contributed by atoms with van der Waals surface area (Å²) in [6.07, 6.45) is 6.98. The van der Waals surface area contributed by atoms with Crippen molar-refractivity contribution in [3.63, 3.8) is 0 Å². The summed E-state index contributed by atoms with van der Waals surface area (Å²) < 4.78 is 0. The van der Waals surface area contributed by atoms with E-state index in [1.165, 1.54) is 0 Å². The summed E-state index contributed by atoms with van der Waals surface area (Å²) in [5.41, 5.74) is 2.43. The molecule has 1 rings (SSSR count). The minimum absolute atomic E-state index is 0.0161. The zero-order chi connectivity index (χ0) is 10.4. The molecule has 0 spiro atoms. The van der Waals surface area contributed by atoms with E-state index in [4.69, 9.17) is 5.11 Å². The van der Waals surface area contributed by atoms with Gasteiger partial charge in [-0.1, -0.05) is 37.5 Å². The van der Waals surface area contributed by atoms with Crippen LogP contribution in [-0.4, -0.2) is 10.1 Å². The summed E-state index contributed by atoms with van der Waals surface area (Å²) in [7, 11) is 0. The molecule has 14 heavy (non-hydrogen) atoms. The average Bonchev–Trinajstić information content (AvgIpc) is 2.26. The first kappa shape index (κ1) is 10.4. The van der Waals surface area contributed by atoms with Gasteiger partial charge in [-0.15, -0.1) is 0 Å². The second-order valence-corrected chi connectivity index (χ2v) is 2.83. The Labute approximate surface area is 83.9 Å². The lowest BCUT2D eigenvalue weighted by Gasteiger charge is -2.00. The standard InChI is InChI=1S/C12H13NO/c1-3-4-5-10(2)12-7-6-11(9-14)8-13-12/h3-8,14H,1-2,9H2/b5-4-. The summed E-state index contributed by atoms with van der Waals surface area (Å²) in [6.45, 7) is 7.45. The van der Waals surface area contributed by atoms with Crippen LogP contribution >= 0.6 is 0 Å². The molecule has 1 N–H and O–H groups in total. The quantitative estimate of drug-likeness (QED) is 0.734. The van der Waals surface area contributed by atoms with E-state index >= 15 is 0 Å². The van der Waals surface area contributed by atoms with Crippen molar-refractivity contribution < 1.29 is 5.11 Å². The van der Waals surface area contributed by atoms with Crippen LogP contribution in [0.3, 0.4) is 0 Å². The van der Waals surface area contributed by atoms with E-state index < -0.39 is 0 Å². The van der Waals surface area contributed by atoms with Crippen molar-refractivity contribution in [2.75, 3.05) is 0 Å². The largest absolute Gasteiger partial charge is 0.392 e. The van der Waals surface area contributed by atoms with Gasteiger partial charge < -0.3 is 5.11 Å². The maximum absolute atomic E-state index is 8.82. The van der Waals surface area contributed by atoms with E-state index in [1.807, 2.05) is 24.3 Å². The van der Waals surface area contributed by atoms with Gasteiger partial charge in [-0.25, -0.2) is 0 Å². The van der Waals surface area contributed by atoms with Crippen molar-refractivity contribution in [2.24, 2.45) is 0 Å². The SMILES string of the molecule is C=C/C=C\C(=C)c1ccc(CO)cn1. The molecule has 1 aromatic heterocycles. The maximum Gasteiger partial charge on any atom is 0.0696 e. The third-order valence-electron chi connectivity index (χ3n) is 1.77. The Kier molecular flexibility index (Phi) is 3.83. The van der Waals surface area contributed by atoms with Crippen LogP contribution in [0, 0.1) is 0 Å². The number of aliphatic hydroxyl groups is 1. The van der Waals surface area contributed by atoms with Crippen molar-refractivity contribution >= 4 is 5.57 Å². The summed E-state index contributed by atoms with van der Waals surface area (Å²) in [5.74, 6) is 0. The molecule has 72 valence electrons. The fourth-order valence-electron chi connectivity index (χ4n) is 0.978. The lowest BCUT2D eigenvalue weighted by atomic mass is 10.1. The molecule has 2 nitrogen and oxygen atoms in total. The Hall–Kier alpha value is -1.67. The van der Waals surface area contributed by atoms with Crippen LogP contribution in [0.15, 0.2) is 49.7 Å². The lowest BCUT2D eigenvalue weighted by molar-refractivity contribution is 0.281. The highest BCUT2D eigenvalue weighted by Gasteiger charge is 1.96. The Morgan fingerprint density at radius 1 is 1.50 bits per heavy atom. The predicted octanol–water partition coefficient (Wildman–Crippen LogP) is 2.33. The molecule has 1 heterocycles. The van der Waals surface area contributed by atoms with E-state index in [1.54, 1.807) is 12.3 Å². The fourth-order valence-corrected chi connectivity index (χ4v) is 0.978. The predicted molar refractivity (Wildman–Crippen MR) is 58.5 cm³/mol. The molecule has 0 aliphatic carbocycles. The van der Waals surface area contributed by atoms with Crippen molar-refractivity contribution in [2.45, 2.75) is 6.61 Å². The highest BCUT2D eigenvalue weighted by molar-refractivity contribution is 5.69. The Morgan fingerprint density at radius 2 is 2.29 bits per heavy atom. The molecule has 0 radical (unpaired) electrons. The number of rotatable bonds is 4. The molecular weight excluding hydrogens is 174 g/mol. The van der Waals surface area contributed by atoms with E-state index in [0.29, 0.717) is 0 Å². The summed E-state index contributed by atoms with van der Waals surface area (Å²) >= 11 is 0. The molecule has 0 saturated heterocycles. The molecule has 0 bridgehead atoms. The summed E-state index contributed by atoms with van der Waals surface area (Å²) in [5, 5.41) is 8.82. The van der Waals surface area contributed by atoms with Gasteiger partial charge in [-0.2, -0.15) is 0 Å². The fraction of sp³-hybridized carbons (Fsp3) is 0.0833. The van der Waals surface area contributed by atoms with Gasteiger partial charge >= 0.3 is 0 Å². The Bertz CT molecular complexity index is 349. The number of nitrogens with zero attached hydrogens (tertiary/aromatic N) is 1. The van der Waals surface area contributed by atoms with E-state index in [-0.39, 0.29) is 6.61 Å². The molecule has 0 atom stereocenters. The first-order valence-corrected chi connectivity index (χ1v) is 4.32. The molecule has 0 aromatic carbocycles. The van der Waals surface area contributed by atoms with Crippen LogP contribution in [0.4, 0.5) is 0 Å². The van der Waals surface area contributed by atoms with Crippen LogP contribution in [0.1, 0.15) is 11.3 Å². The molecule has 0 saturated carbocycles. The van der Waals surface area contributed by atoms with Crippen molar-refractivity contribution in [3.8, 4) is 0 Å². The molecule has 2 heteroatoms. The van der Waals surface area contributed by atoms with Gasteiger partial charge in [0.15, 0.2) is 0 Å². The van der Waals surface area contributed by atoms with Gasteiger partial charge in [-0.05, 0) is 17.2 Å². The van der Waals surface area contributed by atoms with Crippen molar-refractivity contribution in [1.82, 2.24) is 4.98 Å². The van der Waals surface area contributed by atoms with E-state index in [0.717, 1.165) is 16.8 Å². The number of hydrogen-bond donors (Lipinski definition) is 1. The zero-order valence-electron chi connectivity index (χ0n) is 7.98. The smallest absolute Gasteiger partial charge is 0.0696 e. The summed E-state index contributed by atoms with van der Waals surface area (Å²) in [6, 6.07) is 3.66. The third-order valence-corrected chi connectivity index (χ3v) is 1.77. The van der Waals surface area contributed by atoms with Gasteiger partial charge in [0.2, 0.25) is 0 Å². The molecule has 0 aliphatic heterocycles. The zero-order valence-corrected chi connectivity index (χ0v) is 7.98. The van der Waals surface area contributed by atoms with Gasteiger partial charge in [0, 0.05) is 6.20 Å². The second-order valence-electron chi connectivity index (χ2n) is 2.83. The first-order chi connectivity index (χ1) is 6.77. The summed E-state index contributed by atoms with van der Waals surface area (Å²) in [4.78, 5) is 4.16. The normalized spacial score (nSPS) is 10.4. The van der Waals surface area contributed by atoms with E-state index in [9.17, 15) is 0 Å². The average molecular weight is 187 g/mol. The topological polar surface area (TPSA) is 33.1 Å². The number of hydrogen-bond acceptors (Lipinski definition) is 2. The number of pyridine rings is 1. The molecule has 0 amide bonds. The van der Waals surface area contributed by atoms with Crippen LogP contribution in [-0.2, 0) is 6.61 Å². The minimum Gasteiger partial charge on any atom is -0.392 e. The van der Waals surface area contributed by atoms with Gasteiger partial charge in [-0.3, -0.25) is 4.98 Å². The highest BCUT2D eigenvalue weighted by Crippen LogP contribution is 2.11. The number of aromatic nitrogens is 1. The van der Waals surface area contributed by atoms with Gasteiger partial charge in [0.25, 0.3) is 0 Å². The van der Waals surface area contributed by atoms with Gasteiger partial charge in [0.05, 0.1) is 12.3 Å². The Morgan fingerprint density at radius 3 is 2.79 bits per heavy atom. The molecule has 1 aromatic rings. The number of allylic oxidation sites excluding steroid dienone is 4. The molecule has 0 aliphatic rings. The maximum atomic E-state index is 8.82. The lowest BCUT2D eigenvalue weighted by Crippen LogP contribution is -1.89. The van der Waals surface area contributed by atoms with Crippen LogP contribution < -0.4 is 0 Å². The number of aliphatic hydroxyl groups excluding tert-OH is 1. The monoisotopic (exact) mass is 187 g/mol. The molecule has 0 fully saturated rings. The second kappa shape index (κ2) is 5.14. The molecule has 0 unspecified atom stereocenters. The van der Waals surface area contributed by atoms with Crippen molar-refractivity contribution in [3.05, 3.63) is 61.0 Å². The molecular formula is C12H13NO. The Balaban J connectivity index is 2.81. The van der Waals surface area contributed by atoms with Gasteiger partial charge in [0.1, 0.15) is 0 Å². The minimum atomic E-state index is 0.0161. The third kappa shape index (κ3) is 2.68.